The van der Waals surface area contributed by atoms with Crippen LogP contribution < -0.4 is 10.1 Å². The lowest BCUT2D eigenvalue weighted by atomic mass is 10.1. The molecule has 2 aromatic rings. The van der Waals surface area contributed by atoms with Gasteiger partial charge in [-0.25, -0.2) is 4.98 Å². The Hall–Kier alpha value is -2.41. The molecule has 0 aliphatic heterocycles. The van der Waals surface area contributed by atoms with E-state index in [9.17, 15) is 9.59 Å². The second kappa shape index (κ2) is 6.85. The summed E-state index contributed by atoms with van der Waals surface area (Å²) in [5, 5.41) is 13.6. The first-order valence-electron chi connectivity index (χ1n) is 6.18. The number of ether oxygens (including phenoxy) is 1. The van der Waals surface area contributed by atoms with Crippen molar-refractivity contribution in [3.8, 4) is 5.75 Å². The third-order valence-electron chi connectivity index (χ3n) is 2.50. The van der Waals surface area contributed by atoms with Crippen molar-refractivity contribution < 1.29 is 19.4 Å². The van der Waals surface area contributed by atoms with Gasteiger partial charge in [0.1, 0.15) is 12.4 Å². The molecule has 0 saturated carbocycles. The summed E-state index contributed by atoms with van der Waals surface area (Å²) in [6.45, 7) is 1.71. The van der Waals surface area contributed by atoms with Crippen LogP contribution in [0.4, 0.5) is 5.13 Å². The zero-order valence-corrected chi connectivity index (χ0v) is 12.1. The van der Waals surface area contributed by atoms with Crippen LogP contribution >= 0.6 is 11.3 Å². The van der Waals surface area contributed by atoms with Crippen molar-refractivity contribution in [1.82, 2.24) is 4.98 Å². The van der Waals surface area contributed by atoms with E-state index in [1.165, 1.54) is 18.3 Å². The molecule has 110 valence electrons. The number of carbonyl (C=O) groups is 2. The summed E-state index contributed by atoms with van der Waals surface area (Å²) >= 11 is 1.33. The first-order valence-corrected chi connectivity index (χ1v) is 7.06. The Balaban J connectivity index is 1.89. The number of hydrogen-bond donors (Lipinski definition) is 2. The maximum absolute atomic E-state index is 10.9. The first-order chi connectivity index (χ1) is 10.0. The fourth-order valence-electron chi connectivity index (χ4n) is 1.62. The Morgan fingerprint density at radius 2 is 2.05 bits per heavy atom. The zero-order valence-electron chi connectivity index (χ0n) is 11.3. The fourth-order valence-corrected chi connectivity index (χ4v) is 2.36. The van der Waals surface area contributed by atoms with Crippen LogP contribution in [0.1, 0.15) is 18.2 Å². The molecule has 0 saturated heterocycles. The van der Waals surface area contributed by atoms with Crippen LogP contribution in [0.5, 0.6) is 5.75 Å². The molecule has 1 aromatic heterocycles. The Bertz CT molecular complexity index is 637. The van der Waals surface area contributed by atoms with Gasteiger partial charge in [-0.3, -0.25) is 9.59 Å². The van der Waals surface area contributed by atoms with Crippen LogP contribution in [0.3, 0.4) is 0 Å². The van der Waals surface area contributed by atoms with Crippen LogP contribution in [0.25, 0.3) is 0 Å². The highest BCUT2D eigenvalue weighted by Crippen LogP contribution is 2.18. The molecule has 6 nitrogen and oxygen atoms in total. The van der Waals surface area contributed by atoms with Gasteiger partial charge in [-0.15, -0.1) is 11.3 Å². The van der Waals surface area contributed by atoms with E-state index in [0.29, 0.717) is 10.9 Å². The van der Waals surface area contributed by atoms with Crippen molar-refractivity contribution in [3.63, 3.8) is 0 Å². The average molecular weight is 306 g/mol. The van der Waals surface area contributed by atoms with Gasteiger partial charge in [0.15, 0.2) is 5.13 Å². The van der Waals surface area contributed by atoms with E-state index in [4.69, 9.17) is 9.84 Å². The second-order valence-corrected chi connectivity index (χ2v) is 5.19. The molecule has 21 heavy (non-hydrogen) atoms. The number of amides is 1. The number of thiazole rings is 1. The molecule has 0 bridgehead atoms. The number of rotatable bonds is 6. The van der Waals surface area contributed by atoms with E-state index >= 15 is 0 Å². The summed E-state index contributed by atoms with van der Waals surface area (Å²) < 4.78 is 5.55. The number of carboxylic acid groups (broad SMARTS) is 1. The van der Waals surface area contributed by atoms with Crippen LogP contribution in [0, 0.1) is 0 Å². The molecule has 0 unspecified atom stereocenters. The standard InChI is InChI=1S/C14H14N2O4S/c1-9(17)15-14-16-11(8-21-14)7-20-12-4-2-10(3-5-12)6-13(18)19/h2-5,8H,6-7H2,1H3,(H,18,19)(H,15,16,17). The molecule has 7 heteroatoms. The highest BCUT2D eigenvalue weighted by atomic mass is 32.1. The minimum Gasteiger partial charge on any atom is -0.487 e. The van der Waals surface area contributed by atoms with Gasteiger partial charge in [0.2, 0.25) is 5.91 Å². The van der Waals surface area contributed by atoms with Gasteiger partial charge >= 0.3 is 5.97 Å². The maximum Gasteiger partial charge on any atom is 0.307 e. The van der Waals surface area contributed by atoms with Gasteiger partial charge in [-0.05, 0) is 17.7 Å². The SMILES string of the molecule is CC(=O)Nc1nc(COc2ccc(CC(=O)O)cc2)cs1. The summed E-state index contributed by atoms with van der Waals surface area (Å²) in [5.74, 6) is -0.388. The summed E-state index contributed by atoms with van der Waals surface area (Å²) in [4.78, 5) is 25.7. The van der Waals surface area contributed by atoms with Crippen molar-refractivity contribution in [2.45, 2.75) is 20.0 Å². The van der Waals surface area contributed by atoms with E-state index in [1.54, 1.807) is 24.3 Å². The molecule has 2 rings (SSSR count). The van der Waals surface area contributed by atoms with Crippen LogP contribution in [-0.2, 0) is 22.6 Å². The summed E-state index contributed by atoms with van der Waals surface area (Å²) in [6, 6.07) is 6.87. The lowest BCUT2D eigenvalue weighted by Gasteiger charge is -2.05. The molecule has 2 N–H and O–H groups in total. The molecule has 0 aliphatic carbocycles. The Kier molecular flexibility index (Phi) is 4.89. The number of anilines is 1. The third kappa shape index (κ3) is 4.88. The Labute approximate surface area is 125 Å². The van der Waals surface area contributed by atoms with Crippen molar-refractivity contribution in [1.29, 1.82) is 0 Å². The van der Waals surface area contributed by atoms with Gasteiger partial charge in [-0.2, -0.15) is 0 Å². The number of carbonyl (C=O) groups excluding carboxylic acids is 1. The molecule has 0 aliphatic rings. The molecular formula is C14H14N2O4S. The molecule has 0 radical (unpaired) electrons. The molecular weight excluding hydrogens is 292 g/mol. The number of aliphatic carboxylic acids is 1. The zero-order chi connectivity index (χ0) is 15.2. The highest BCUT2D eigenvalue weighted by Gasteiger charge is 2.05. The number of benzene rings is 1. The maximum atomic E-state index is 10.9. The van der Waals surface area contributed by atoms with E-state index < -0.39 is 5.97 Å². The summed E-state index contributed by atoms with van der Waals surface area (Å²) in [6.07, 6.45) is -0.00750. The van der Waals surface area contributed by atoms with Crippen LogP contribution in [0.2, 0.25) is 0 Å². The van der Waals surface area contributed by atoms with Gasteiger partial charge in [0.25, 0.3) is 0 Å². The molecule has 1 aromatic carbocycles. The van der Waals surface area contributed by atoms with E-state index in [1.807, 2.05) is 5.38 Å². The smallest absolute Gasteiger partial charge is 0.307 e. The van der Waals surface area contributed by atoms with E-state index in [2.05, 4.69) is 10.3 Å². The monoisotopic (exact) mass is 306 g/mol. The largest absolute Gasteiger partial charge is 0.487 e. The lowest BCUT2D eigenvalue weighted by molar-refractivity contribution is -0.136. The lowest BCUT2D eigenvalue weighted by Crippen LogP contribution is -2.05. The van der Waals surface area contributed by atoms with Crippen LogP contribution in [0.15, 0.2) is 29.6 Å². The topological polar surface area (TPSA) is 88.5 Å². The van der Waals surface area contributed by atoms with Gasteiger partial charge in [-0.1, -0.05) is 12.1 Å². The molecule has 1 heterocycles. The molecule has 0 fully saturated rings. The number of nitrogens with one attached hydrogen (secondary N) is 1. The number of aromatic nitrogens is 1. The predicted molar refractivity (Wildman–Crippen MR) is 78.5 cm³/mol. The molecule has 0 atom stereocenters. The summed E-state index contributed by atoms with van der Waals surface area (Å²) in [7, 11) is 0. The number of hydrogen-bond acceptors (Lipinski definition) is 5. The molecule has 1 amide bonds. The van der Waals surface area contributed by atoms with Crippen LogP contribution in [-0.4, -0.2) is 22.0 Å². The van der Waals surface area contributed by atoms with Gasteiger partial charge < -0.3 is 15.2 Å². The fraction of sp³-hybridized carbons (Fsp3) is 0.214. The average Bonchev–Trinajstić information content (AvgIpc) is 2.84. The third-order valence-corrected chi connectivity index (χ3v) is 3.31. The summed E-state index contributed by atoms with van der Waals surface area (Å²) in [5.41, 5.74) is 1.44. The minimum absolute atomic E-state index is 0.00750. The number of nitrogens with zero attached hydrogens (tertiary/aromatic N) is 1. The van der Waals surface area contributed by atoms with Crippen molar-refractivity contribution in [3.05, 3.63) is 40.9 Å². The molecule has 0 spiro atoms. The van der Waals surface area contributed by atoms with Crippen molar-refractivity contribution in [2.24, 2.45) is 0 Å². The number of carboxylic acids is 1. The van der Waals surface area contributed by atoms with E-state index in [0.717, 1.165) is 11.3 Å². The highest BCUT2D eigenvalue weighted by molar-refractivity contribution is 7.13. The second-order valence-electron chi connectivity index (χ2n) is 4.33. The first kappa shape index (κ1) is 15.0. The quantitative estimate of drug-likeness (QED) is 0.855. The van der Waals surface area contributed by atoms with Gasteiger partial charge in [0.05, 0.1) is 12.1 Å². The van der Waals surface area contributed by atoms with Gasteiger partial charge in [0, 0.05) is 12.3 Å². The minimum atomic E-state index is -0.864. The Morgan fingerprint density at radius 3 is 2.67 bits per heavy atom. The van der Waals surface area contributed by atoms with E-state index in [-0.39, 0.29) is 18.9 Å². The van der Waals surface area contributed by atoms with Crippen molar-refractivity contribution >= 4 is 28.3 Å². The van der Waals surface area contributed by atoms with Crippen molar-refractivity contribution in [2.75, 3.05) is 5.32 Å². The normalized spacial score (nSPS) is 10.1. The predicted octanol–water partition coefficient (Wildman–Crippen LogP) is 2.31. The Morgan fingerprint density at radius 1 is 1.33 bits per heavy atom.